The third-order valence-electron chi connectivity index (χ3n) is 6.82. The molecule has 1 N–H and O–H groups in total. The number of nitrogens with zero attached hydrogens (tertiary/aromatic N) is 5. The molecular formula is C22H25N5O2S. The average Bonchev–Trinajstić information content (AvgIpc) is 3.53. The summed E-state index contributed by atoms with van der Waals surface area (Å²) in [5.74, 6) is 0.536. The van der Waals surface area contributed by atoms with E-state index in [0.29, 0.717) is 5.92 Å². The van der Waals surface area contributed by atoms with Gasteiger partial charge in [-0.05, 0) is 12.1 Å². The number of aliphatic hydroxyl groups excluding tert-OH is 1. The fourth-order valence-corrected chi connectivity index (χ4v) is 6.24. The minimum atomic E-state index is -0.225. The Morgan fingerprint density at radius 2 is 2.10 bits per heavy atom. The van der Waals surface area contributed by atoms with Crippen molar-refractivity contribution < 1.29 is 9.84 Å². The summed E-state index contributed by atoms with van der Waals surface area (Å²) in [7, 11) is 0. The highest BCUT2D eigenvalue weighted by Gasteiger charge is 2.62. The molecule has 2 bridgehead atoms. The van der Waals surface area contributed by atoms with Crippen molar-refractivity contribution in [2.45, 2.75) is 18.2 Å². The first-order valence-corrected chi connectivity index (χ1v) is 11.4. The SMILES string of the molecule is OC[C@H]1[C@H]2CN(Cc3cnn(-c4ccccc4)c3)C[C@]23CN(c2nccs2)C[C@H]1O3. The number of ether oxygens (including phenoxy) is 1. The first kappa shape index (κ1) is 18.5. The molecule has 0 amide bonds. The number of hydrogen-bond acceptors (Lipinski definition) is 7. The maximum absolute atomic E-state index is 10.1. The summed E-state index contributed by atoms with van der Waals surface area (Å²) in [4.78, 5) is 9.34. The highest BCUT2D eigenvalue weighted by molar-refractivity contribution is 7.13. The largest absolute Gasteiger partial charge is 0.396 e. The van der Waals surface area contributed by atoms with E-state index in [2.05, 4.69) is 38.2 Å². The van der Waals surface area contributed by atoms with E-state index >= 15 is 0 Å². The molecule has 3 aliphatic rings. The number of likely N-dealkylation sites (tertiary alicyclic amines) is 1. The normalized spacial score (nSPS) is 30.7. The number of rotatable bonds is 5. The minimum absolute atomic E-state index is 0.0839. The zero-order chi connectivity index (χ0) is 20.1. The summed E-state index contributed by atoms with van der Waals surface area (Å²) in [6.45, 7) is 4.52. The molecule has 3 aromatic rings. The summed E-state index contributed by atoms with van der Waals surface area (Å²) in [6, 6.07) is 10.2. The van der Waals surface area contributed by atoms with Gasteiger partial charge in [-0.3, -0.25) is 4.90 Å². The van der Waals surface area contributed by atoms with Crippen LogP contribution in [0.15, 0.2) is 54.3 Å². The molecule has 3 saturated heterocycles. The molecule has 0 saturated carbocycles. The molecule has 1 aromatic carbocycles. The van der Waals surface area contributed by atoms with Crippen LogP contribution in [-0.4, -0.2) is 69.3 Å². The molecule has 30 heavy (non-hydrogen) atoms. The Hall–Kier alpha value is -2.26. The van der Waals surface area contributed by atoms with E-state index in [9.17, 15) is 5.11 Å². The third kappa shape index (κ3) is 2.98. The average molecular weight is 424 g/mol. The molecule has 3 aliphatic heterocycles. The smallest absolute Gasteiger partial charge is 0.185 e. The predicted octanol–water partition coefficient (Wildman–Crippen LogP) is 2.03. The van der Waals surface area contributed by atoms with Crippen molar-refractivity contribution in [3.63, 3.8) is 0 Å². The molecule has 5 heterocycles. The van der Waals surface area contributed by atoms with E-state index in [4.69, 9.17) is 4.74 Å². The quantitative estimate of drug-likeness (QED) is 0.677. The number of aromatic nitrogens is 3. The molecule has 2 aromatic heterocycles. The zero-order valence-electron chi connectivity index (χ0n) is 16.7. The molecule has 1 spiro atoms. The van der Waals surface area contributed by atoms with Crippen LogP contribution in [0.3, 0.4) is 0 Å². The summed E-state index contributed by atoms with van der Waals surface area (Å²) < 4.78 is 8.52. The molecule has 3 fully saturated rings. The first-order valence-electron chi connectivity index (χ1n) is 10.5. The topological polar surface area (TPSA) is 66.7 Å². The first-order chi connectivity index (χ1) is 14.7. The van der Waals surface area contributed by atoms with Crippen LogP contribution in [0.2, 0.25) is 0 Å². The molecule has 8 heteroatoms. The van der Waals surface area contributed by atoms with Crippen LogP contribution in [-0.2, 0) is 11.3 Å². The van der Waals surface area contributed by atoms with Gasteiger partial charge in [-0.1, -0.05) is 18.2 Å². The van der Waals surface area contributed by atoms with Gasteiger partial charge in [0.15, 0.2) is 5.13 Å². The Balaban J connectivity index is 1.21. The van der Waals surface area contributed by atoms with Gasteiger partial charge >= 0.3 is 0 Å². The Kier molecular flexibility index (Phi) is 4.42. The van der Waals surface area contributed by atoms with Gasteiger partial charge in [0.25, 0.3) is 0 Å². The van der Waals surface area contributed by atoms with E-state index in [1.165, 1.54) is 5.56 Å². The van der Waals surface area contributed by atoms with Crippen molar-refractivity contribution in [3.8, 4) is 5.69 Å². The number of fused-ring (bicyclic) bond motifs is 1. The number of anilines is 1. The molecule has 0 radical (unpaired) electrons. The zero-order valence-corrected chi connectivity index (χ0v) is 17.5. The van der Waals surface area contributed by atoms with E-state index in [1.54, 1.807) is 11.3 Å². The number of para-hydroxylation sites is 1. The van der Waals surface area contributed by atoms with E-state index < -0.39 is 0 Å². The van der Waals surface area contributed by atoms with E-state index in [0.717, 1.165) is 43.5 Å². The van der Waals surface area contributed by atoms with Crippen LogP contribution in [0.25, 0.3) is 5.69 Å². The van der Waals surface area contributed by atoms with Crippen LogP contribution in [0.4, 0.5) is 5.13 Å². The van der Waals surface area contributed by atoms with Crippen LogP contribution >= 0.6 is 11.3 Å². The molecular weight excluding hydrogens is 398 g/mol. The second-order valence-corrected chi connectivity index (χ2v) is 9.54. The van der Waals surface area contributed by atoms with Gasteiger partial charge in [0.1, 0.15) is 5.60 Å². The lowest BCUT2D eigenvalue weighted by Gasteiger charge is -2.40. The number of aliphatic hydroxyl groups is 1. The fraction of sp³-hybridized carbons (Fsp3) is 0.455. The summed E-state index contributed by atoms with van der Waals surface area (Å²) in [5, 5.41) is 17.8. The van der Waals surface area contributed by atoms with Crippen molar-refractivity contribution in [1.29, 1.82) is 0 Å². The molecule has 156 valence electrons. The monoisotopic (exact) mass is 423 g/mol. The summed E-state index contributed by atoms with van der Waals surface area (Å²) in [5.41, 5.74) is 2.04. The lowest BCUT2D eigenvalue weighted by Crippen LogP contribution is -2.54. The van der Waals surface area contributed by atoms with Crippen molar-refractivity contribution in [3.05, 3.63) is 59.9 Å². The van der Waals surface area contributed by atoms with Gasteiger partial charge in [-0.15, -0.1) is 11.3 Å². The van der Waals surface area contributed by atoms with Crippen LogP contribution in [0.5, 0.6) is 0 Å². The van der Waals surface area contributed by atoms with Gasteiger partial charge in [-0.25, -0.2) is 9.67 Å². The van der Waals surface area contributed by atoms with Crippen LogP contribution in [0.1, 0.15) is 5.56 Å². The highest BCUT2D eigenvalue weighted by atomic mass is 32.1. The Bertz CT molecular complexity index is 1010. The summed E-state index contributed by atoms with van der Waals surface area (Å²) >= 11 is 1.68. The third-order valence-corrected chi connectivity index (χ3v) is 7.66. The standard InChI is InChI=1S/C22H25N5O2S/c28-13-18-19-11-25(9-16-8-24-27(10-16)17-4-2-1-3-5-17)14-22(19)15-26(12-20(18)29-22)21-23-6-7-30-21/h1-8,10,18-20,28H,9,11-15H2/t18-,19+,20+,22-/m0/s1. The second kappa shape index (κ2) is 7.16. The number of hydrogen-bond donors (Lipinski definition) is 1. The molecule has 6 rings (SSSR count). The minimum Gasteiger partial charge on any atom is -0.396 e. The van der Waals surface area contributed by atoms with Gasteiger partial charge in [0.2, 0.25) is 0 Å². The fourth-order valence-electron chi connectivity index (χ4n) is 5.59. The lowest BCUT2D eigenvalue weighted by atomic mass is 9.83. The molecule has 7 nitrogen and oxygen atoms in total. The maximum Gasteiger partial charge on any atom is 0.185 e. The predicted molar refractivity (Wildman–Crippen MR) is 115 cm³/mol. The van der Waals surface area contributed by atoms with Crippen molar-refractivity contribution >= 4 is 16.5 Å². The molecule has 0 aliphatic carbocycles. The van der Waals surface area contributed by atoms with Gasteiger partial charge in [0, 0.05) is 68.0 Å². The maximum atomic E-state index is 10.1. The van der Waals surface area contributed by atoms with E-state index in [-0.39, 0.29) is 24.2 Å². The van der Waals surface area contributed by atoms with Crippen molar-refractivity contribution in [1.82, 2.24) is 19.7 Å². The van der Waals surface area contributed by atoms with Crippen molar-refractivity contribution in [2.24, 2.45) is 11.8 Å². The number of thiazole rings is 1. The number of benzene rings is 1. The van der Waals surface area contributed by atoms with Crippen LogP contribution in [0, 0.1) is 11.8 Å². The van der Waals surface area contributed by atoms with Gasteiger partial charge in [0.05, 0.1) is 24.5 Å². The Morgan fingerprint density at radius 1 is 1.20 bits per heavy atom. The molecule has 0 unspecified atom stereocenters. The van der Waals surface area contributed by atoms with E-state index in [1.807, 2.05) is 40.7 Å². The summed E-state index contributed by atoms with van der Waals surface area (Å²) in [6.07, 6.45) is 6.01. The lowest BCUT2D eigenvalue weighted by molar-refractivity contribution is -0.0645. The highest BCUT2D eigenvalue weighted by Crippen LogP contribution is 2.50. The number of morpholine rings is 1. The van der Waals surface area contributed by atoms with Gasteiger partial charge in [-0.2, -0.15) is 5.10 Å². The second-order valence-electron chi connectivity index (χ2n) is 8.67. The van der Waals surface area contributed by atoms with Gasteiger partial charge < -0.3 is 14.7 Å². The van der Waals surface area contributed by atoms with Crippen LogP contribution < -0.4 is 4.90 Å². The van der Waals surface area contributed by atoms with Crippen molar-refractivity contribution in [2.75, 3.05) is 37.7 Å². The Morgan fingerprint density at radius 3 is 2.90 bits per heavy atom. The Labute approximate surface area is 179 Å². The molecule has 4 atom stereocenters.